The third kappa shape index (κ3) is 2.56. The van der Waals surface area contributed by atoms with Crippen molar-refractivity contribution < 1.29 is 23.1 Å². The van der Waals surface area contributed by atoms with Gasteiger partial charge < -0.3 is 15.2 Å². The number of hydrogen-bond acceptors (Lipinski definition) is 5. The minimum Gasteiger partial charge on any atom is -0.496 e. The number of hydrogen-bond donors (Lipinski definition) is 2. The van der Waals surface area contributed by atoms with Crippen LogP contribution in [0.3, 0.4) is 0 Å². The van der Waals surface area contributed by atoms with E-state index in [-0.39, 0.29) is 22.0 Å². The molecular weight excluding hydrogens is 258 g/mol. The smallest absolute Gasteiger partial charge is 0.339 e. The number of nitrogens with one attached hydrogen (secondary N) is 1. The van der Waals surface area contributed by atoms with Gasteiger partial charge in [0.2, 0.25) is 0 Å². The molecule has 1 aromatic rings. The Morgan fingerprint density at radius 3 is 2.44 bits per heavy atom. The van der Waals surface area contributed by atoms with Crippen LogP contribution in [0.2, 0.25) is 0 Å². The predicted molar refractivity (Wildman–Crippen MR) is 67.2 cm³/mol. The Balaban J connectivity index is 3.62. The molecule has 18 heavy (non-hydrogen) atoms. The van der Waals surface area contributed by atoms with E-state index in [9.17, 15) is 13.2 Å². The lowest BCUT2D eigenvalue weighted by atomic mass is 10.2. The zero-order chi connectivity index (χ0) is 13.9. The van der Waals surface area contributed by atoms with E-state index in [1.54, 1.807) is 7.05 Å². The van der Waals surface area contributed by atoms with E-state index in [4.69, 9.17) is 9.84 Å². The number of rotatable bonds is 5. The maximum atomic E-state index is 11.9. The third-order valence-corrected chi connectivity index (χ3v) is 4.28. The Morgan fingerprint density at radius 1 is 1.44 bits per heavy atom. The van der Waals surface area contributed by atoms with E-state index in [0.717, 1.165) is 6.07 Å². The largest absolute Gasteiger partial charge is 0.496 e. The molecule has 0 unspecified atom stereocenters. The molecule has 7 heteroatoms. The van der Waals surface area contributed by atoms with Gasteiger partial charge >= 0.3 is 5.97 Å². The Hall–Kier alpha value is -1.76. The van der Waals surface area contributed by atoms with Gasteiger partial charge in [-0.15, -0.1) is 0 Å². The minimum atomic E-state index is -3.50. The number of ether oxygens (including phenoxy) is 1. The Kier molecular flexibility index (Phi) is 4.18. The summed E-state index contributed by atoms with van der Waals surface area (Å²) in [4.78, 5) is 11.0. The molecule has 100 valence electrons. The summed E-state index contributed by atoms with van der Waals surface area (Å²) in [6.07, 6.45) is 0. The van der Waals surface area contributed by atoms with Crippen molar-refractivity contribution in [3.8, 4) is 5.75 Å². The number of carbonyl (C=O) groups is 1. The van der Waals surface area contributed by atoms with Gasteiger partial charge in [0.25, 0.3) is 0 Å². The van der Waals surface area contributed by atoms with Crippen LogP contribution in [-0.4, -0.2) is 39.4 Å². The summed E-state index contributed by atoms with van der Waals surface area (Å²) < 4.78 is 28.7. The van der Waals surface area contributed by atoms with Crippen LogP contribution in [0.5, 0.6) is 5.75 Å². The number of anilines is 1. The Morgan fingerprint density at radius 2 is 2.06 bits per heavy atom. The summed E-state index contributed by atoms with van der Waals surface area (Å²) in [6, 6.07) is 2.48. The van der Waals surface area contributed by atoms with Crippen molar-refractivity contribution >= 4 is 21.5 Å². The first-order valence-electron chi connectivity index (χ1n) is 5.23. The van der Waals surface area contributed by atoms with Crippen molar-refractivity contribution in [3.63, 3.8) is 0 Å². The van der Waals surface area contributed by atoms with E-state index in [1.165, 1.54) is 20.1 Å². The molecule has 0 fully saturated rings. The fourth-order valence-electron chi connectivity index (χ4n) is 1.50. The van der Waals surface area contributed by atoms with Gasteiger partial charge in [-0.1, -0.05) is 6.92 Å². The lowest BCUT2D eigenvalue weighted by molar-refractivity contribution is 0.0693. The van der Waals surface area contributed by atoms with Crippen molar-refractivity contribution in [2.45, 2.75) is 11.8 Å². The van der Waals surface area contributed by atoms with Crippen molar-refractivity contribution in [2.24, 2.45) is 0 Å². The summed E-state index contributed by atoms with van der Waals surface area (Å²) in [6.45, 7) is 1.50. The number of carboxylic acids is 1. The van der Waals surface area contributed by atoms with Gasteiger partial charge in [0.15, 0.2) is 9.84 Å². The number of sulfone groups is 1. The highest BCUT2D eigenvalue weighted by Gasteiger charge is 2.22. The summed E-state index contributed by atoms with van der Waals surface area (Å²) in [5, 5.41) is 11.8. The zero-order valence-corrected chi connectivity index (χ0v) is 11.2. The fourth-order valence-corrected chi connectivity index (χ4v) is 2.61. The molecule has 0 atom stereocenters. The van der Waals surface area contributed by atoms with Crippen LogP contribution in [0.1, 0.15) is 17.3 Å². The summed E-state index contributed by atoms with van der Waals surface area (Å²) >= 11 is 0. The number of aromatic carboxylic acids is 1. The van der Waals surface area contributed by atoms with E-state index in [1.807, 2.05) is 0 Å². The van der Waals surface area contributed by atoms with Gasteiger partial charge in [-0.25, -0.2) is 13.2 Å². The second-order valence-electron chi connectivity index (χ2n) is 3.51. The van der Waals surface area contributed by atoms with Gasteiger partial charge in [0.05, 0.1) is 23.4 Å². The quantitative estimate of drug-likeness (QED) is 0.838. The monoisotopic (exact) mass is 273 g/mol. The molecule has 0 bridgehead atoms. The molecule has 0 saturated heterocycles. The maximum Gasteiger partial charge on any atom is 0.339 e. The molecule has 0 spiro atoms. The standard InChI is InChI=1S/C11H15NO5S/c1-4-18(15,16)10-5-7(11(13)14)9(17-3)6-8(10)12-2/h5-6,12H,4H2,1-3H3,(H,13,14). The number of benzene rings is 1. The van der Waals surface area contributed by atoms with E-state index in [2.05, 4.69) is 5.32 Å². The SMILES string of the molecule is CCS(=O)(=O)c1cc(C(=O)O)c(OC)cc1NC. The lowest BCUT2D eigenvalue weighted by Gasteiger charge is -2.13. The van der Waals surface area contributed by atoms with Crippen LogP contribution in [0.25, 0.3) is 0 Å². The first-order valence-corrected chi connectivity index (χ1v) is 6.88. The predicted octanol–water partition coefficient (Wildman–Crippen LogP) is 1.23. The van der Waals surface area contributed by atoms with Gasteiger partial charge in [0, 0.05) is 13.1 Å². The van der Waals surface area contributed by atoms with Crippen LogP contribution >= 0.6 is 0 Å². The summed E-state index contributed by atoms with van der Waals surface area (Å²) in [5.74, 6) is -1.23. The molecule has 0 aliphatic carbocycles. The van der Waals surface area contributed by atoms with Gasteiger partial charge in [-0.2, -0.15) is 0 Å². The minimum absolute atomic E-state index is 0.0364. The molecular formula is C11H15NO5S. The second kappa shape index (κ2) is 5.26. The summed E-state index contributed by atoms with van der Waals surface area (Å²) in [7, 11) is -0.615. The molecule has 0 aromatic heterocycles. The highest BCUT2D eigenvalue weighted by atomic mass is 32.2. The molecule has 0 saturated carbocycles. The Labute approximate surface area is 106 Å². The lowest BCUT2D eigenvalue weighted by Crippen LogP contribution is -2.10. The fraction of sp³-hybridized carbons (Fsp3) is 0.364. The molecule has 1 aromatic carbocycles. The van der Waals surface area contributed by atoms with Gasteiger partial charge in [-0.05, 0) is 6.07 Å². The Bertz CT molecular complexity index is 565. The van der Waals surface area contributed by atoms with Crippen LogP contribution in [0.4, 0.5) is 5.69 Å². The van der Waals surface area contributed by atoms with Crippen LogP contribution in [0, 0.1) is 0 Å². The molecule has 1 rings (SSSR count). The molecule has 0 radical (unpaired) electrons. The first kappa shape index (κ1) is 14.3. The van der Waals surface area contributed by atoms with Gasteiger partial charge in [0.1, 0.15) is 11.3 Å². The molecule has 0 amide bonds. The summed E-state index contributed by atoms with van der Waals surface area (Å²) in [5.41, 5.74) is 0.141. The second-order valence-corrected chi connectivity index (χ2v) is 5.75. The van der Waals surface area contributed by atoms with Crippen molar-refractivity contribution in [3.05, 3.63) is 17.7 Å². The number of carboxylic acid groups (broad SMARTS) is 1. The van der Waals surface area contributed by atoms with Crippen molar-refractivity contribution in [1.29, 1.82) is 0 Å². The molecule has 0 aliphatic rings. The van der Waals surface area contributed by atoms with E-state index in [0.29, 0.717) is 5.69 Å². The average molecular weight is 273 g/mol. The highest BCUT2D eigenvalue weighted by Crippen LogP contribution is 2.30. The molecule has 2 N–H and O–H groups in total. The van der Waals surface area contributed by atoms with E-state index < -0.39 is 15.8 Å². The van der Waals surface area contributed by atoms with Crippen LogP contribution in [-0.2, 0) is 9.84 Å². The topological polar surface area (TPSA) is 92.7 Å². The van der Waals surface area contributed by atoms with Crippen LogP contribution < -0.4 is 10.1 Å². The molecule has 6 nitrogen and oxygen atoms in total. The molecule has 0 heterocycles. The highest BCUT2D eigenvalue weighted by molar-refractivity contribution is 7.91. The zero-order valence-electron chi connectivity index (χ0n) is 10.4. The molecule has 0 aliphatic heterocycles. The first-order chi connectivity index (χ1) is 8.37. The normalized spacial score (nSPS) is 11.1. The van der Waals surface area contributed by atoms with Crippen molar-refractivity contribution in [2.75, 3.05) is 25.2 Å². The third-order valence-electron chi connectivity index (χ3n) is 2.52. The average Bonchev–Trinajstić information content (AvgIpc) is 2.36. The maximum absolute atomic E-state index is 11.9. The van der Waals surface area contributed by atoms with E-state index >= 15 is 0 Å². The number of methoxy groups -OCH3 is 1. The van der Waals surface area contributed by atoms with Crippen molar-refractivity contribution in [1.82, 2.24) is 0 Å². The van der Waals surface area contributed by atoms with Crippen LogP contribution in [0.15, 0.2) is 17.0 Å². The van der Waals surface area contributed by atoms with Gasteiger partial charge in [-0.3, -0.25) is 0 Å².